The number of para-hydroxylation sites is 1. The van der Waals surface area contributed by atoms with Gasteiger partial charge in [-0.05, 0) is 54.8 Å². The molecule has 0 N–H and O–H groups in total. The van der Waals surface area contributed by atoms with E-state index >= 15 is 0 Å². The summed E-state index contributed by atoms with van der Waals surface area (Å²) in [7, 11) is 0. The summed E-state index contributed by atoms with van der Waals surface area (Å²) in [5.74, 6) is 0.949. The van der Waals surface area contributed by atoms with E-state index in [-0.39, 0.29) is 23.6 Å². The molecule has 7 heteroatoms. The average molecular weight is 471 g/mol. The minimum atomic E-state index is -0.641. The number of pyridine rings is 1. The summed E-state index contributed by atoms with van der Waals surface area (Å²) in [5.41, 5.74) is 2.12. The summed E-state index contributed by atoms with van der Waals surface area (Å²) < 4.78 is 17.7. The lowest BCUT2D eigenvalue weighted by Gasteiger charge is -2.26. The van der Waals surface area contributed by atoms with Gasteiger partial charge in [0.2, 0.25) is 5.76 Å². The fraction of sp³-hybridized carbons (Fsp3) is 0.250. The van der Waals surface area contributed by atoms with Gasteiger partial charge in [-0.2, -0.15) is 0 Å². The van der Waals surface area contributed by atoms with Crippen molar-refractivity contribution in [3.05, 3.63) is 99.7 Å². The van der Waals surface area contributed by atoms with Crippen LogP contribution in [0.1, 0.15) is 53.6 Å². The van der Waals surface area contributed by atoms with Crippen LogP contribution in [0.2, 0.25) is 0 Å². The highest BCUT2D eigenvalue weighted by molar-refractivity contribution is 5.99. The fourth-order valence-electron chi connectivity index (χ4n) is 4.46. The molecule has 3 heterocycles. The van der Waals surface area contributed by atoms with Gasteiger partial charge in [-0.15, -0.1) is 0 Å². The van der Waals surface area contributed by atoms with E-state index < -0.39 is 6.04 Å². The second-order valence-corrected chi connectivity index (χ2v) is 8.35. The first kappa shape index (κ1) is 22.7. The summed E-state index contributed by atoms with van der Waals surface area (Å²) in [6.07, 6.45) is 4.26. The molecule has 5 rings (SSSR count). The van der Waals surface area contributed by atoms with Crippen LogP contribution in [-0.4, -0.2) is 29.0 Å². The van der Waals surface area contributed by atoms with Crippen LogP contribution in [0, 0.1) is 0 Å². The SMILES string of the molecule is CCCOc1ccc([C@H]2c3c(oc4ccccc4c3=O)C(=O)N2Cc2cccnc2)cc1OCC. The Labute approximate surface area is 202 Å². The molecule has 35 heavy (non-hydrogen) atoms. The molecule has 0 saturated carbocycles. The lowest BCUT2D eigenvalue weighted by molar-refractivity contribution is 0.0714. The topological polar surface area (TPSA) is 81.9 Å². The van der Waals surface area contributed by atoms with E-state index in [1.54, 1.807) is 41.6 Å². The largest absolute Gasteiger partial charge is 0.490 e. The maximum absolute atomic E-state index is 13.7. The number of carbonyl (C=O) groups excluding carboxylic acids is 1. The first-order valence-corrected chi connectivity index (χ1v) is 11.8. The summed E-state index contributed by atoms with van der Waals surface area (Å²) >= 11 is 0. The van der Waals surface area contributed by atoms with E-state index in [1.165, 1.54) is 0 Å². The van der Waals surface area contributed by atoms with Crippen LogP contribution in [-0.2, 0) is 6.54 Å². The molecule has 178 valence electrons. The fourth-order valence-corrected chi connectivity index (χ4v) is 4.46. The summed E-state index contributed by atoms with van der Waals surface area (Å²) in [4.78, 5) is 33.1. The molecule has 0 unspecified atom stereocenters. The van der Waals surface area contributed by atoms with Gasteiger partial charge in [0.25, 0.3) is 5.91 Å². The second kappa shape index (κ2) is 9.62. The van der Waals surface area contributed by atoms with Crippen LogP contribution in [0.15, 0.2) is 76.2 Å². The van der Waals surface area contributed by atoms with Gasteiger partial charge in [0.05, 0.1) is 30.2 Å². The molecule has 0 fully saturated rings. The molecule has 1 atom stereocenters. The zero-order valence-electron chi connectivity index (χ0n) is 19.7. The number of hydrogen-bond acceptors (Lipinski definition) is 6. The first-order chi connectivity index (χ1) is 17.1. The van der Waals surface area contributed by atoms with Crippen molar-refractivity contribution >= 4 is 16.9 Å². The van der Waals surface area contributed by atoms with Crippen molar-refractivity contribution in [2.45, 2.75) is 32.9 Å². The number of hydrogen-bond donors (Lipinski definition) is 0. The van der Waals surface area contributed by atoms with Crippen LogP contribution in [0.25, 0.3) is 11.0 Å². The molecule has 4 aromatic rings. The third-order valence-corrected chi connectivity index (χ3v) is 5.99. The van der Waals surface area contributed by atoms with Crippen LogP contribution in [0.5, 0.6) is 11.5 Å². The minimum absolute atomic E-state index is 0.0758. The van der Waals surface area contributed by atoms with E-state index in [9.17, 15) is 9.59 Å². The number of ether oxygens (including phenoxy) is 2. The van der Waals surface area contributed by atoms with Crippen LogP contribution >= 0.6 is 0 Å². The molecule has 2 aromatic heterocycles. The van der Waals surface area contributed by atoms with Crippen LogP contribution < -0.4 is 14.9 Å². The Kier molecular flexibility index (Phi) is 6.23. The Hall–Kier alpha value is -4.13. The maximum atomic E-state index is 13.7. The monoisotopic (exact) mass is 470 g/mol. The van der Waals surface area contributed by atoms with Crippen molar-refractivity contribution in [3.63, 3.8) is 0 Å². The van der Waals surface area contributed by atoms with E-state index in [1.807, 2.05) is 44.2 Å². The minimum Gasteiger partial charge on any atom is -0.490 e. The second-order valence-electron chi connectivity index (χ2n) is 8.35. The van der Waals surface area contributed by atoms with Gasteiger partial charge in [-0.3, -0.25) is 14.6 Å². The summed E-state index contributed by atoms with van der Waals surface area (Å²) in [5, 5.41) is 0.445. The van der Waals surface area contributed by atoms with Crippen molar-refractivity contribution < 1.29 is 18.7 Å². The van der Waals surface area contributed by atoms with Crippen molar-refractivity contribution in [1.82, 2.24) is 9.88 Å². The Morgan fingerprint density at radius 2 is 1.86 bits per heavy atom. The first-order valence-electron chi connectivity index (χ1n) is 11.8. The number of nitrogens with zero attached hydrogens (tertiary/aromatic N) is 2. The number of carbonyl (C=O) groups is 1. The van der Waals surface area contributed by atoms with E-state index in [0.717, 1.165) is 17.5 Å². The molecule has 1 aliphatic rings. The molecule has 2 aromatic carbocycles. The predicted molar refractivity (Wildman–Crippen MR) is 132 cm³/mol. The third-order valence-electron chi connectivity index (χ3n) is 5.99. The highest BCUT2D eigenvalue weighted by Gasteiger charge is 2.43. The Morgan fingerprint density at radius 3 is 2.63 bits per heavy atom. The lowest BCUT2D eigenvalue weighted by atomic mass is 9.98. The van der Waals surface area contributed by atoms with Gasteiger partial charge in [0.15, 0.2) is 16.9 Å². The highest BCUT2D eigenvalue weighted by atomic mass is 16.5. The standard InChI is InChI=1S/C28H26N2O5/c1-3-14-34-22-12-11-19(15-23(22)33-4-2)25-24-26(31)20-9-5-6-10-21(20)35-27(24)28(32)30(25)17-18-8-7-13-29-16-18/h5-13,15-16,25H,3-4,14,17H2,1-2H3/t25-/m0/s1. The molecule has 0 aliphatic carbocycles. The predicted octanol–water partition coefficient (Wildman–Crippen LogP) is 5.12. The number of rotatable bonds is 8. The molecular formula is C28H26N2O5. The average Bonchev–Trinajstić information content (AvgIpc) is 3.15. The molecule has 0 bridgehead atoms. The zero-order chi connectivity index (χ0) is 24.4. The number of fused-ring (bicyclic) bond motifs is 2. The molecule has 1 amide bonds. The normalized spacial score (nSPS) is 14.9. The number of amides is 1. The third kappa shape index (κ3) is 4.14. The zero-order valence-corrected chi connectivity index (χ0v) is 19.7. The Morgan fingerprint density at radius 1 is 1.00 bits per heavy atom. The van der Waals surface area contributed by atoms with E-state index in [2.05, 4.69) is 4.98 Å². The van der Waals surface area contributed by atoms with Gasteiger partial charge in [-0.1, -0.05) is 31.2 Å². The van der Waals surface area contributed by atoms with Crippen LogP contribution in [0.4, 0.5) is 0 Å². The number of benzene rings is 2. The molecule has 0 spiro atoms. The molecular weight excluding hydrogens is 444 g/mol. The van der Waals surface area contributed by atoms with Gasteiger partial charge >= 0.3 is 0 Å². The molecule has 1 aliphatic heterocycles. The summed E-state index contributed by atoms with van der Waals surface area (Å²) in [6.45, 7) is 5.23. The van der Waals surface area contributed by atoms with E-state index in [4.69, 9.17) is 13.9 Å². The van der Waals surface area contributed by atoms with Crippen molar-refractivity contribution in [2.24, 2.45) is 0 Å². The van der Waals surface area contributed by atoms with Gasteiger partial charge < -0.3 is 18.8 Å². The van der Waals surface area contributed by atoms with Gasteiger partial charge in [0, 0.05) is 18.9 Å². The Bertz CT molecular complexity index is 1430. The van der Waals surface area contributed by atoms with Crippen molar-refractivity contribution in [2.75, 3.05) is 13.2 Å². The quantitative estimate of drug-likeness (QED) is 0.355. The van der Waals surface area contributed by atoms with Crippen molar-refractivity contribution in [1.29, 1.82) is 0 Å². The molecule has 0 saturated heterocycles. The lowest BCUT2D eigenvalue weighted by Crippen LogP contribution is -2.29. The maximum Gasteiger partial charge on any atom is 0.291 e. The Balaban J connectivity index is 1.68. The molecule has 0 radical (unpaired) electrons. The van der Waals surface area contributed by atoms with Crippen molar-refractivity contribution in [3.8, 4) is 11.5 Å². The van der Waals surface area contributed by atoms with Gasteiger partial charge in [-0.25, -0.2) is 0 Å². The number of aromatic nitrogens is 1. The smallest absolute Gasteiger partial charge is 0.291 e. The van der Waals surface area contributed by atoms with E-state index in [0.29, 0.717) is 41.2 Å². The molecule has 7 nitrogen and oxygen atoms in total. The highest BCUT2D eigenvalue weighted by Crippen LogP contribution is 2.41. The summed E-state index contributed by atoms with van der Waals surface area (Å²) in [6, 6.07) is 15.7. The van der Waals surface area contributed by atoms with Crippen LogP contribution in [0.3, 0.4) is 0 Å². The van der Waals surface area contributed by atoms with Gasteiger partial charge in [0.1, 0.15) is 5.58 Å².